The predicted molar refractivity (Wildman–Crippen MR) is 63.0 cm³/mol. The van der Waals surface area contributed by atoms with Gasteiger partial charge in [-0.2, -0.15) is 0 Å². The van der Waals surface area contributed by atoms with E-state index in [0.29, 0.717) is 5.92 Å². The minimum Gasteiger partial charge on any atom is -0.312 e. The first kappa shape index (κ1) is 11.8. The summed E-state index contributed by atoms with van der Waals surface area (Å²) in [5.74, 6) is 0.646. The second kappa shape index (κ2) is 5.59. The Morgan fingerprint density at radius 1 is 1.29 bits per heavy atom. The van der Waals surface area contributed by atoms with E-state index >= 15 is 0 Å². The summed E-state index contributed by atoms with van der Waals surface area (Å²) in [5, 5.41) is 4.83. The number of benzene rings is 1. The highest BCUT2D eigenvalue weighted by Gasteiger charge is 2.01. The maximum absolute atomic E-state index is 6.01. The van der Waals surface area contributed by atoms with Crippen molar-refractivity contribution in [2.45, 2.75) is 20.4 Å². The minimum absolute atomic E-state index is 0.646. The zero-order valence-corrected chi connectivity index (χ0v) is 9.99. The van der Waals surface area contributed by atoms with E-state index in [2.05, 4.69) is 19.2 Å². The van der Waals surface area contributed by atoms with Gasteiger partial charge in [0.15, 0.2) is 0 Å². The summed E-state index contributed by atoms with van der Waals surface area (Å²) < 4.78 is 0. The van der Waals surface area contributed by atoms with Crippen LogP contribution in [0, 0.1) is 5.92 Å². The summed E-state index contributed by atoms with van der Waals surface area (Å²) >= 11 is 11.9. The van der Waals surface area contributed by atoms with Gasteiger partial charge < -0.3 is 5.32 Å². The second-order valence-corrected chi connectivity index (χ2v) is 4.60. The quantitative estimate of drug-likeness (QED) is 0.833. The van der Waals surface area contributed by atoms with E-state index in [4.69, 9.17) is 23.2 Å². The van der Waals surface area contributed by atoms with Crippen molar-refractivity contribution in [1.82, 2.24) is 5.32 Å². The molecular formula is C11H15Cl2N. The van der Waals surface area contributed by atoms with E-state index in [0.717, 1.165) is 28.7 Å². The van der Waals surface area contributed by atoms with Crippen LogP contribution in [-0.2, 0) is 6.54 Å². The molecule has 0 aromatic heterocycles. The molecule has 0 spiro atoms. The highest BCUT2D eigenvalue weighted by atomic mass is 35.5. The summed E-state index contributed by atoms with van der Waals surface area (Å²) in [6.07, 6.45) is 0. The third-order valence-electron chi connectivity index (χ3n) is 1.88. The van der Waals surface area contributed by atoms with Gasteiger partial charge in [0.25, 0.3) is 0 Å². The molecule has 1 nitrogen and oxygen atoms in total. The lowest BCUT2D eigenvalue weighted by atomic mass is 10.2. The first-order valence-corrected chi connectivity index (χ1v) is 5.50. The molecule has 0 heterocycles. The van der Waals surface area contributed by atoms with Crippen molar-refractivity contribution < 1.29 is 0 Å². The van der Waals surface area contributed by atoms with Crippen LogP contribution < -0.4 is 5.32 Å². The molecule has 0 saturated carbocycles. The average molecular weight is 232 g/mol. The van der Waals surface area contributed by atoms with E-state index in [1.807, 2.05) is 12.1 Å². The molecule has 0 aliphatic rings. The van der Waals surface area contributed by atoms with Crippen molar-refractivity contribution >= 4 is 23.2 Å². The van der Waals surface area contributed by atoms with Gasteiger partial charge in [0, 0.05) is 16.6 Å². The summed E-state index contributed by atoms with van der Waals surface area (Å²) in [7, 11) is 0. The molecule has 0 atom stereocenters. The van der Waals surface area contributed by atoms with E-state index in [9.17, 15) is 0 Å². The van der Waals surface area contributed by atoms with Gasteiger partial charge in [0.1, 0.15) is 0 Å². The molecule has 0 bridgehead atoms. The molecule has 0 aliphatic carbocycles. The Hall–Kier alpha value is -0.240. The molecule has 14 heavy (non-hydrogen) atoms. The van der Waals surface area contributed by atoms with Crippen LogP contribution in [-0.4, -0.2) is 6.54 Å². The lowest BCUT2D eigenvalue weighted by Gasteiger charge is -2.08. The van der Waals surface area contributed by atoms with E-state index in [1.165, 1.54) is 0 Å². The van der Waals surface area contributed by atoms with Gasteiger partial charge in [-0.15, -0.1) is 0 Å². The highest BCUT2D eigenvalue weighted by Crippen LogP contribution is 2.20. The van der Waals surface area contributed by atoms with Crippen LogP contribution in [0.3, 0.4) is 0 Å². The van der Waals surface area contributed by atoms with Gasteiger partial charge >= 0.3 is 0 Å². The van der Waals surface area contributed by atoms with Crippen molar-refractivity contribution in [3.63, 3.8) is 0 Å². The van der Waals surface area contributed by atoms with Crippen LogP contribution in [0.4, 0.5) is 0 Å². The fourth-order valence-electron chi connectivity index (χ4n) is 1.17. The molecule has 0 aliphatic heterocycles. The van der Waals surface area contributed by atoms with Gasteiger partial charge in [0.2, 0.25) is 0 Å². The van der Waals surface area contributed by atoms with Crippen LogP contribution in [0.2, 0.25) is 10.0 Å². The monoisotopic (exact) mass is 231 g/mol. The maximum atomic E-state index is 6.01. The van der Waals surface area contributed by atoms with Crippen LogP contribution in [0.5, 0.6) is 0 Å². The van der Waals surface area contributed by atoms with Crippen molar-refractivity contribution in [2.24, 2.45) is 5.92 Å². The van der Waals surface area contributed by atoms with Crippen LogP contribution in [0.25, 0.3) is 0 Å². The Morgan fingerprint density at radius 2 is 2.00 bits per heavy atom. The molecule has 1 N–H and O–H groups in total. The van der Waals surface area contributed by atoms with E-state index < -0.39 is 0 Å². The number of rotatable bonds is 4. The summed E-state index contributed by atoms with van der Waals surface area (Å²) in [6, 6.07) is 5.53. The van der Waals surface area contributed by atoms with Gasteiger partial charge in [-0.1, -0.05) is 37.0 Å². The van der Waals surface area contributed by atoms with Crippen molar-refractivity contribution in [1.29, 1.82) is 0 Å². The second-order valence-electron chi connectivity index (χ2n) is 3.76. The Balaban J connectivity index is 2.53. The van der Waals surface area contributed by atoms with Gasteiger partial charge in [-0.05, 0) is 36.2 Å². The molecule has 0 amide bonds. The maximum Gasteiger partial charge on any atom is 0.0451 e. The summed E-state index contributed by atoms with van der Waals surface area (Å²) in [4.78, 5) is 0. The van der Waals surface area contributed by atoms with E-state index in [1.54, 1.807) is 6.07 Å². The van der Waals surface area contributed by atoms with Gasteiger partial charge in [0.05, 0.1) is 0 Å². The zero-order chi connectivity index (χ0) is 10.6. The standard InChI is InChI=1S/C11H15Cl2N/c1-8(2)6-14-7-9-5-10(12)3-4-11(9)13/h3-5,8,14H,6-7H2,1-2H3. The molecule has 1 aromatic rings. The predicted octanol–water partition coefficient (Wildman–Crippen LogP) is 3.74. The zero-order valence-electron chi connectivity index (χ0n) is 8.48. The normalized spacial score (nSPS) is 10.9. The number of halogens is 2. The molecule has 78 valence electrons. The minimum atomic E-state index is 0.646. The third-order valence-corrected chi connectivity index (χ3v) is 2.48. The molecule has 1 rings (SSSR count). The molecule has 0 unspecified atom stereocenters. The Bertz CT molecular complexity index is 297. The summed E-state index contributed by atoms with van der Waals surface area (Å²) in [6.45, 7) is 6.11. The molecule has 0 radical (unpaired) electrons. The Kier molecular flexibility index (Phi) is 4.73. The Labute approximate surface area is 95.4 Å². The van der Waals surface area contributed by atoms with Crippen LogP contribution >= 0.6 is 23.2 Å². The molecule has 3 heteroatoms. The molecule has 1 aromatic carbocycles. The highest BCUT2D eigenvalue weighted by molar-refractivity contribution is 6.33. The van der Waals surface area contributed by atoms with Crippen LogP contribution in [0.15, 0.2) is 18.2 Å². The molecular weight excluding hydrogens is 217 g/mol. The van der Waals surface area contributed by atoms with E-state index in [-0.39, 0.29) is 0 Å². The van der Waals surface area contributed by atoms with Gasteiger partial charge in [-0.25, -0.2) is 0 Å². The molecule has 0 saturated heterocycles. The average Bonchev–Trinajstić information content (AvgIpc) is 2.10. The number of hydrogen-bond acceptors (Lipinski definition) is 1. The third kappa shape index (κ3) is 3.87. The lowest BCUT2D eigenvalue weighted by Crippen LogP contribution is -2.19. The van der Waals surface area contributed by atoms with Crippen molar-refractivity contribution in [3.8, 4) is 0 Å². The largest absolute Gasteiger partial charge is 0.312 e. The van der Waals surface area contributed by atoms with Crippen molar-refractivity contribution in [3.05, 3.63) is 33.8 Å². The first-order valence-electron chi connectivity index (χ1n) is 4.74. The Morgan fingerprint density at radius 3 is 2.64 bits per heavy atom. The number of hydrogen-bond donors (Lipinski definition) is 1. The fraction of sp³-hybridized carbons (Fsp3) is 0.455. The first-order chi connectivity index (χ1) is 6.59. The topological polar surface area (TPSA) is 12.0 Å². The molecule has 0 fully saturated rings. The smallest absolute Gasteiger partial charge is 0.0451 e. The number of nitrogens with one attached hydrogen (secondary N) is 1. The van der Waals surface area contributed by atoms with Gasteiger partial charge in [-0.3, -0.25) is 0 Å². The lowest BCUT2D eigenvalue weighted by molar-refractivity contribution is 0.552. The fourth-order valence-corrected chi connectivity index (χ4v) is 1.55. The van der Waals surface area contributed by atoms with Crippen LogP contribution in [0.1, 0.15) is 19.4 Å². The van der Waals surface area contributed by atoms with Crippen molar-refractivity contribution in [2.75, 3.05) is 6.54 Å². The summed E-state index contributed by atoms with van der Waals surface area (Å²) in [5.41, 5.74) is 1.06. The SMILES string of the molecule is CC(C)CNCc1cc(Cl)ccc1Cl.